The Morgan fingerprint density at radius 1 is 0.887 bits per heavy atom. The second kappa shape index (κ2) is 27.8. The van der Waals surface area contributed by atoms with Crippen LogP contribution in [0.15, 0.2) is 0 Å². The molecule has 27 heteroatoms. The van der Waals surface area contributed by atoms with Gasteiger partial charge in [-0.15, -0.1) is 11.6 Å². The van der Waals surface area contributed by atoms with Gasteiger partial charge in [0.2, 0.25) is 0 Å². The summed E-state index contributed by atoms with van der Waals surface area (Å²) in [6.07, 6.45) is 0.349. The van der Waals surface area contributed by atoms with E-state index in [9.17, 15) is 32.9 Å². The molecule has 0 amide bonds. The van der Waals surface area contributed by atoms with E-state index in [1.165, 1.54) is 27.0 Å². The number of rotatable bonds is 23. The summed E-state index contributed by atoms with van der Waals surface area (Å²) in [5.74, 6) is 0.338. The molecule has 1 aliphatic rings. The SMILES string of the molecule is C=P([O-])(OC)OC1[C@H](O[Si](C)(C)C(C)(C)C)[CH-]O[C@@H]1CCP(=O)([O-])OCCOP(=O)([O-])O.CCOP(C)(=O)OCCCl.CCOP(C)(=O)OCCO.[U]. The van der Waals surface area contributed by atoms with Crippen molar-refractivity contribution in [2.75, 3.05) is 78.7 Å². The van der Waals surface area contributed by atoms with Gasteiger partial charge >= 0.3 is 15.2 Å². The van der Waals surface area contributed by atoms with E-state index in [0.29, 0.717) is 19.1 Å². The molecule has 53 heavy (non-hydrogen) atoms. The minimum absolute atomic E-state index is 0. The van der Waals surface area contributed by atoms with E-state index in [0.717, 1.165) is 0 Å². The number of aliphatic hydroxyl groups is 1. The van der Waals surface area contributed by atoms with Crippen molar-refractivity contribution in [1.82, 2.24) is 0 Å². The molecule has 8 atom stereocenters. The second-order valence-electron chi connectivity index (χ2n) is 12.2. The first-order chi connectivity index (χ1) is 23.5. The van der Waals surface area contributed by atoms with Crippen LogP contribution in [0.1, 0.15) is 41.0 Å². The smallest absolute Gasteiger partial charge is 0.327 e. The zero-order chi connectivity index (χ0) is 41.1. The summed E-state index contributed by atoms with van der Waals surface area (Å²) >= 11 is 5.31. The summed E-state index contributed by atoms with van der Waals surface area (Å²) in [6.45, 7) is 17.6. The molecule has 1 aliphatic heterocycles. The number of alkyl halides is 1. The molecule has 1 fully saturated rings. The molecule has 0 saturated carbocycles. The maximum atomic E-state index is 12.4. The van der Waals surface area contributed by atoms with Gasteiger partial charge in [0.05, 0.1) is 58.5 Å². The Kier molecular flexibility index (Phi) is 31.3. The van der Waals surface area contributed by atoms with Crippen LogP contribution in [0.2, 0.25) is 18.1 Å². The molecule has 0 spiro atoms. The molecule has 0 aromatic rings. The third-order valence-electron chi connectivity index (χ3n) is 6.74. The summed E-state index contributed by atoms with van der Waals surface area (Å²) < 4.78 is 94.7. The van der Waals surface area contributed by atoms with Gasteiger partial charge in [-0.05, 0) is 44.5 Å². The van der Waals surface area contributed by atoms with E-state index in [1.807, 2.05) is 33.9 Å². The predicted octanol–water partition coefficient (Wildman–Crippen LogP) is 3.92. The topological polar surface area (TPSA) is 270 Å². The molecular formula is C26H58ClO19P5SiU-4. The Bertz CT molecular complexity index is 1210. The monoisotopic (exact) mass is 1130 g/mol. The summed E-state index contributed by atoms with van der Waals surface area (Å²) in [5, 5.41) is 8.16. The number of hydrogen-bond donors (Lipinski definition) is 2. The Morgan fingerprint density at radius 2 is 1.38 bits per heavy atom. The van der Waals surface area contributed by atoms with Crippen molar-refractivity contribution in [3.63, 3.8) is 0 Å². The Hall–Kier alpha value is 2.18. The molecule has 0 aromatic carbocycles. The van der Waals surface area contributed by atoms with E-state index in [-0.39, 0.29) is 62.4 Å². The molecule has 1 rings (SSSR count). The van der Waals surface area contributed by atoms with Crippen molar-refractivity contribution >= 4 is 64.4 Å². The van der Waals surface area contributed by atoms with E-state index in [2.05, 4.69) is 15.3 Å². The van der Waals surface area contributed by atoms with Crippen molar-refractivity contribution in [3.05, 3.63) is 6.61 Å². The second-order valence-corrected chi connectivity index (χ2v) is 26.4. The quantitative estimate of drug-likeness (QED) is 0.0483. The molecule has 0 aromatic heterocycles. The Labute approximate surface area is 344 Å². The van der Waals surface area contributed by atoms with Crippen LogP contribution in [0.5, 0.6) is 0 Å². The van der Waals surface area contributed by atoms with Gasteiger partial charge in [0.25, 0.3) is 7.82 Å². The average Bonchev–Trinajstić information content (AvgIpc) is 3.35. The van der Waals surface area contributed by atoms with Gasteiger partial charge in [0, 0.05) is 71.2 Å². The van der Waals surface area contributed by atoms with Crippen LogP contribution in [-0.2, 0) is 63.6 Å². The first kappa shape index (κ1) is 59.5. The van der Waals surface area contributed by atoms with E-state index >= 15 is 0 Å². The summed E-state index contributed by atoms with van der Waals surface area (Å²) in [6, 6.07) is 0. The van der Waals surface area contributed by atoms with Crippen LogP contribution in [0.4, 0.5) is 0 Å². The first-order valence-corrected chi connectivity index (χ1v) is 28.3. The van der Waals surface area contributed by atoms with Gasteiger partial charge in [0.15, 0.2) is 8.32 Å². The maximum absolute atomic E-state index is 12.4. The molecule has 0 aliphatic carbocycles. The Morgan fingerprint density at radius 3 is 1.79 bits per heavy atom. The molecule has 0 radical (unpaired) electrons. The summed E-state index contributed by atoms with van der Waals surface area (Å²) in [4.78, 5) is 43.5. The van der Waals surface area contributed by atoms with Gasteiger partial charge in [-0.3, -0.25) is 13.7 Å². The zero-order valence-electron chi connectivity index (χ0n) is 32.0. The molecule has 1 saturated heterocycles. The standard InChI is InChI=1S/C16H35O12P3Si.C5H12ClO3P.C5H13O4P.U/c1-16(2,3)32(6,7)28-14-12-24-13(15(14)27-29(5,17)23-4)8-11-30(18,19)25-9-10-26-31(20,21)22;2*1-3-8-10(2,7)9-5-4-6;/h12-15H,5,8-11H2,1-4,6-7H3,(H3-,17,18,19,20,21,22);3-5H2,1-2H3;6H,3-5H2,1-2H3;/q-2;;;/p-2/t13-,14-,15?,29?;;;/m1.../s1. The number of hydrogen-bond acceptors (Lipinski definition) is 18. The minimum Gasteiger partial charge on any atom is -0.789 e. The van der Waals surface area contributed by atoms with Crippen molar-refractivity contribution < 1.29 is 119 Å². The number of halogens is 1. The average molecular weight is 1130 g/mol. The number of phosphoric ester groups is 1. The predicted molar refractivity (Wildman–Crippen MR) is 196 cm³/mol. The first-order valence-electron chi connectivity index (χ1n) is 15.9. The number of phosphoric acid groups is 1. The largest absolute Gasteiger partial charge is 0.789 e. The van der Waals surface area contributed by atoms with Crippen molar-refractivity contribution in [2.45, 2.75) is 77.5 Å². The number of ether oxygens (including phenoxy) is 1. The Balaban J connectivity index is -0.000000971. The molecule has 2 N–H and O–H groups in total. The van der Waals surface area contributed by atoms with Gasteiger partial charge in [-0.1, -0.05) is 27.1 Å². The normalized spacial score (nSPS) is 23.3. The fraction of sp³-hybridized carbons (Fsp3) is 0.923. The molecular weight excluding hydrogens is 1070 g/mol. The van der Waals surface area contributed by atoms with E-state index < -0.39 is 84.2 Å². The van der Waals surface area contributed by atoms with Crippen molar-refractivity contribution in [3.8, 4) is 0 Å². The number of aliphatic hydroxyl groups excluding tert-OH is 1. The van der Waals surface area contributed by atoms with Crippen LogP contribution in [-0.4, -0.2) is 122 Å². The van der Waals surface area contributed by atoms with Crippen LogP contribution in [0, 0.1) is 37.7 Å². The molecule has 320 valence electrons. The van der Waals surface area contributed by atoms with Crippen molar-refractivity contribution in [2.24, 2.45) is 0 Å². The van der Waals surface area contributed by atoms with Gasteiger partial charge in [-0.2, -0.15) is 6.61 Å². The third kappa shape index (κ3) is 30.0. The van der Waals surface area contributed by atoms with Gasteiger partial charge < -0.3 is 74.6 Å². The van der Waals surface area contributed by atoms with E-state index in [4.69, 9.17) is 57.9 Å². The van der Waals surface area contributed by atoms with E-state index in [1.54, 1.807) is 13.8 Å². The van der Waals surface area contributed by atoms with Crippen LogP contribution < -0.4 is 14.7 Å². The summed E-state index contributed by atoms with van der Waals surface area (Å²) in [5.41, 5.74) is 0. The van der Waals surface area contributed by atoms with Gasteiger partial charge in [0.1, 0.15) is 7.60 Å². The fourth-order valence-corrected chi connectivity index (χ4v) is 8.78. The zero-order valence-corrected chi connectivity index (χ0v) is 42.4. The van der Waals surface area contributed by atoms with Crippen LogP contribution in [0.3, 0.4) is 0 Å². The molecule has 1 heterocycles. The third-order valence-corrected chi connectivity index (χ3v) is 17.1. The minimum atomic E-state index is -4.97. The van der Waals surface area contributed by atoms with Crippen LogP contribution in [0.25, 0.3) is 0 Å². The van der Waals surface area contributed by atoms with Crippen LogP contribution >= 0.6 is 49.8 Å². The molecule has 6 unspecified atom stereocenters. The van der Waals surface area contributed by atoms with Gasteiger partial charge in [-0.25, -0.2) is 0 Å². The molecule has 0 bridgehead atoms. The van der Waals surface area contributed by atoms with Crippen molar-refractivity contribution in [1.29, 1.82) is 0 Å². The molecule has 19 nitrogen and oxygen atoms in total. The fourth-order valence-electron chi connectivity index (χ4n) is 3.37. The maximum Gasteiger partial charge on any atom is 0.327 e. The summed E-state index contributed by atoms with van der Waals surface area (Å²) in [7, 11) is -19.8.